The predicted octanol–water partition coefficient (Wildman–Crippen LogP) is 3.36. The van der Waals surface area contributed by atoms with Crippen LogP contribution >= 0.6 is 0 Å². The number of oxazole rings is 1. The second-order valence-electron chi connectivity index (χ2n) is 6.04. The lowest BCUT2D eigenvalue weighted by atomic mass is 10.0. The number of nitrogens with one attached hydrogen (secondary N) is 1. The van der Waals surface area contributed by atoms with Crippen molar-refractivity contribution < 1.29 is 13.7 Å². The molecule has 6 heteroatoms. The Labute approximate surface area is 138 Å². The van der Waals surface area contributed by atoms with Crippen LogP contribution in [0.15, 0.2) is 39.4 Å². The van der Waals surface area contributed by atoms with Gasteiger partial charge in [0.05, 0.1) is 12.2 Å². The molecule has 0 fully saturated rings. The first-order valence-corrected chi connectivity index (χ1v) is 7.90. The van der Waals surface area contributed by atoms with Crippen LogP contribution in [0.3, 0.4) is 0 Å². The Bertz CT molecular complexity index is 910. The van der Waals surface area contributed by atoms with Crippen LogP contribution in [0.1, 0.15) is 45.8 Å². The minimum Gasteiger partial charge on any atom is -0.436 e. The minimum absolute atomic E-state index is 0.00833. The molecule has 6 nitrogen and oxygen atoms in total. The monoisotopic (exact) mass is 323 g/mol. The third-order valence-corrected chi connectivity index (χ3v) is 4.29. The topological polar surface area (TPSA) is 81.2 Å². The molecule has 24 heavy (non-hydrogen) atoms. The number of hydrogen-bond donors (Lipinski definition) is 1. The molecule has 1 amide bonds. The van der Waals surface area contributed by atoms with E-state index >= 15 is 0 Å². The maximum absolute atomic E-state index is 12.2. The lowest BCUT2D eigenvalue weighted by molar-refractivity contribution is 0.0907. The normalized spacial score (nSPS) is 16.2. The molecule has 1 aliphatic carbocycles. The van der Waals surface area contributed by atoms with Gasteiger partial charge in [0, 0.05) is 18.6 Å². The van der Waals surface area contributed by atoms with E-state index in [9.17, 15) is 4.79 Å². The van der Waals surface area contributed by atoms with Crippen molar-refractivity contribution in [2.24, 2.45) is 0 Å². The fourth-order valence-corrected chi connectivity index (χ4v) is 3.12. The standard InChI is InChI=1S/C18H17N3O3/c1-10-7-16(21-24-10)13-3-5-14-12(8-13)4-6-15(14)20-18(22)17-9-19-11(2)23-17/h3,5,7-9,15H,4,6H2,1-2H3,(H,20,22)/t15-/m1/s1. The third kappa shape index (κ3) is 2.60. The summed E-state index contributed by atoms with van der Waals surface area (Å²) < 4.78 is 10.4. The van der Waals surface area contributed by atoms with Crippen LogP contribution in [0.4, 0.5) is 0 Å². The first-order valence-electron chi connectivity index (χ1n) is 7.90. The van der Waals surface area contributed by atoms with Gasteiger partial charge in [-0.3, -0.25) is 4.79 Å². The molecule has 1 aromatic carbocycles. The van der Waals surface area contributed by atoms with Crippen molar-refractivity contribution >= 4 is 5.91 Å². The highest BCUT2D eigenvalue weighted by atomic mass is 16.5. The molecular formula is C18H17N3O3. The van der Waals surface area contributed by atoms with Gasteiger partial charge in [0.25, 0.3) is 5.91 Å². The SMILES string of the molecule is Cc1cc(-c2ccc3c(c2)CC[C@H]3NC(=O)c2cnc(C)o2)no1. The number of aryl methyl sites for hydroxylation is 3. The number of nitrogens with zero attached hydrogens (tertiary/aromatic N) is 2. The van der Waals surface area contributed by atoms with Crippen LogP contribution in [0, 0.1) is 13.8 Å². The van der Waals surface area contributed by atoms with E-state index in [4.69, 9.17) is 8.94 Å². The molecule has 0 aliphatic heterocycles. The second-order valence-corrected chi connectivity index (χ2v) is 6.04. The average Bonchev–Trinajstić information content (AvgIpc) is 3.28. The molecule has 2 aromatic heterocycles. The van der Waals surface area contributed by atoms with E-state index in [0.717, 1.165) is 35.4 Å². The molecule has 1 aliphatic rings. The summed E-state index contributed by atoms with van der Waals surface area (Å²) >= 11 is 0. The Morgan fingerprint density at radius 3 is 2.88 bits per heavy atom. The second kappa shape index (κ2) is 5.63. The number of rotatable bonds is 3. The van der Waals surface area contributed by atoms with Crippen LogP contribution in [-0.4, -0.2) is 16.0 Å². The number of benzene rings is 1. The van der Waals surface area contributed by atoms with Crippen LogP contribution < -0.4 is 5.32 Å². The molecule has 122 valence electrons. The number of hydrogen-bond acceptors (Lipinski definition) is 5. The summed E-state index contributed by atoms with van der Waals surface area (Å²) in [6, 6.07) is 8.10. The summed E-state index contributed by atoms with van der Waals surface area (Å²) in [6.45, 7) is 3.59. The fraction of sp³-hybridized carbons (Fsp3) is 0.278. The van der Waals surface area contributed by atoms with Gasteiger partial charge in [0.1, 0.15) is 11.5 Å². The van der Waals surface area contributed by atoms with Gasteiger partial charge in [-0.15, -0.1) is 0 Å². The highest BCUT2D eigenvalue weighted by Gasteiger charge is 2.26. The Balaban J connectivity index is 1.55. The number of carbonyl (C=O) groups excluding carboxylic acids is 1. The minimum atomic E-state index is -0.232. The van der Waals surface area contributed by atoms with Gasteiger partial charge in [-0.05, 0) is 37.0 Å². The van der Waals surface area contributed by atoms with Crippen molar-refractivity contribution in [1.82, 2.24) is 15.5 Å². The molecule has 0 bridgehead atoms. The Kier molecular flexibility index (Phi) is 3.45. The molecule has 1 N–H and O–H groups in total. The van der Waals surface area contributed by atoms with Crippen LogP contribution in [0.2, 0.25) is 0 Å². The molecule has 2 heterocycles. The van der Waals surface area contributed by atoms with E-state index in [-0.39, 0.29) is 17.7 Å². The summed E-state index contributed by atoms with van der Waals surface area (Å²) in [5.41, 5.74) is 4.24. The first kappa shape index (κ1) is 14.7. The number of aromatic nitrogens is 2. The zero-order valence-electron chi connectivity index (χ0n) is 13.5. The van der Waals surface area contributed by atoms with E-state index in [0.29, 0.717) is 5.89 Å². The predicted molar refractivity (Wildman–Crippen MR) is 86.4 cm³/mol. The third-order valence-electron chi connectivity index (χ3n) is 4.29. The Morgan fingerprint density at radius 2 is 2.17 bits per heavy atom. The molecule has 0 unspecified atom stereocenters. The van der Waals surface area contributed by atoms with Crippen LogP contribution in [-0.2, 0) is 6.42 Å². The zero-order valence-corrected chi connectivity index (χ0v) is 13.5. The van der Waals surface area contributed by atoms with Gasteiger partial charge >= 0.3 is 0 Å². The highest BCUT2D eigenvalue weighted by molar-refractivity contribution is 5.91. The molecule has 4 rings (SSSR count). The van der Waals surface area contributed by atoms with E-state index in [1.54, 1.807) is 6.92 Å². The molecule has 3 aromatic rings. The van der Waals surface area contributed by atoms with E-state index in [1.165, 1.54) is 11.8 Å². The summed E-state index contributed by atoms with van der Waals surface area (Å²) in [5.74, 6) is 1.29. The smallest absolute Gasteiger partial charge is 0.289 e. The maximum atomic E-state index is 12.2. The number of carbonyl (C=O) groups is 1. The molecule has 0 spiro atoms. The summed E-state index contributed by atoms with van der Waals surface area (Å²) in [7, 11) is 0. The largest absolute Gasteiger partial charge is 0.436 e. The van der Waals surface area contributed by atoms with E-state index in [2.05, 4.69) is 27.6 Å². The number of amides is 1. The van der Waals surface area contributed by atoms with Gasteiger partial charge in [-0.25, -0.2) is 4.98 Å². The van der Waals surface area contributed by atoms with Gasteiger partial charge in [-0.1, -0.05) is 17.3 Å². The van der Waals surface area contributed by atoms with Gasteiger partial charge < -0.3 is 14.3 Å². The molecule has 0 radical (unpaired) electrons. The van der Waals surface area contributed by atoms with Crippen molar-refractivity contribution in [3.8, 4) is 11.3 Å². The average molecular weight is 323 g/mol. The molecule has 1 atom stereocenters. The van der Waals surface area contributed by atoms with Gasteiger partial charge in [-0.2, -0.15) is 0 Å². The fourth-order valence-electron chi connectivity index (χ4n) is 3.12. The lowest BCUT2D eigenvalue weighted by Crippen LogP contribution is -2.26. The van der Waals surface area contributed by atoms with Crippen molar-refractivity contribution in [2.45, 2.75) is 32.7 Å². The summed E-state index contributed by atoms with van der Waals surface area (Å²) in [5, 5.41) is 7.08. The Hall–Kier alpha value is -2.89. The van der Waals surface area contributed by atoms with Gasteiger partial charge in [0.2, 0.25) is 5.76 Å². The Morgan fingerprint density at radius 1 is 1.29 bits per heavy atom. The van der Waals surface area contributed by atoms with Crippen LogP contribution in [0.25, 0.3) is 11.3 Å². The van der Waals surface area contributed by atoms with E-state index in [1.807, 2.05) is 19.1 Å². The van der Waals surface area contributed by atoms with Crippen molar-refractivity contribution in [2.75, 3.05) is 0 Å². The summed E-state index contributed by atoms with van der Waals surface area (Å²) in [4.78, 5) is 16.2. The zero-order chi connectivity index (χ0) is 16.7. The van der Waals surface area contributed by atoms with E-state index < -0.39 is 0 Å². The highest BCUT2D eigenvalue weighted by Crippen LogP contribution is 2.34. The van der Waals surface area contributed by atoms with Crippen molar-refractivity contribution in [3.05, 3.63) is 59.0 Å². The molecular weight excluding hydrogens is 306 g/mol. The molecule has 0 saturated carbocycles. The van der Waals surface area contributed by atoms with Crippen molar-refractivity contribution in [1.29, 1.82) is 0 Å². The number of fused-ring (bicyclic) bond motifs is 1. The van der Waals surface area contributed by atoms with Crippen LogP contribution in [0.5, 0.6) is 0 Å². The first-order chi connectivity index (χ1) is 11.6. The maximum Gasteiger partial charge on any atom is 0.289 e. The van der Waals surface area contributed by atoms with Gasteiger partial charge in [0.15, 0.2) is 5.89 Å². The lowest BCUT2D eigenvalue weighted by Gasteiger charge is -2.13. The summed E-state index contributed by atoms with van der Waals surface area (Å²) in [6.07, 6.45) is 3.24. The quantitative estimate of drug-likeness (QED) is 0.799. The molecule has 0 saturated heterocycles. The van der Waals surface area contributed by atoms with Crippen molar-refractivity contribution in [3.63, 3.8) is 0 Å².